The van der Waals surface area contributed by atoms with Crippen molar-refractivity contribution < 1.29 is 14.6 Å². The molecule has 0 saturated heterocycles. The molecule has 0 aromatic heterocycles. The van der Waals surface area contributed by atoms with Crippen LogP contribution in [0, 0.1) is 0 Å². The van der Waals surface area contributed by atoms with Crippen molar-refractivity contribution in [3.63, 3.8) is 0 Å². The van der Waals surface area contributed by atoms with Gasteiger partial charge in [0, 0.05) is 23.1 Å². The molecule has 24 heavy (non-hydrogen) atoms. The van der Waals surface area contributed by atoms with Crippen LogP contribution in [-0.4, -0.2) is 43.4 Å². The van der Waals surface area contributed by atoms with E-state index in [2.05, 4.69) is 26.9 Å². The first kappa shape index (κ1) is 18.9. The summed E-state index contributed by atoms with van der Waals surface area (Å²) in [5.74, 6) is 0.804. The number of hydrogen-bond donors (Lipinski definition) is 1. The molecule has 0 radical (unpaired) electrons. The highest BCUT2D eigenvalue weighted by molar-refractivity contribution is 9.10. The lowest BCUT2D eigenvalue weighted by molar-refractivity contribution is 0.0122. The van der Waals surface area contributed by atoms with Gasteiger partial charge in [-0.05, 0) is 24.7 Å². The summed E-state index contributed by atoms with van der Waals surface area (Å²) in [6.07, 6.45) is -0.535. The highest BCUT2D eigenvalue weighted by Gasteiger charge is 2.11. The van der Waals surface area contributed by atoms with Gasteiger partial charge in [0.2, 0.25) is 0 Å². The van der Waals surface area contributed by atoms with E-state index in [0.29, 0.717) is 19.8 Å². The predicted octanol–water partition coefficient (Wildman–Crippen LogP) is 3.47. The second kappa shape index (κ2) is 9.79. The number of likely N-dealkylation sites (N-methyl/N-ethyl adjacent to an activating group) is 1. The molecule has 0 heterocycles. The van der Waals surface area contributed by atoms with Crippen molar-refractivity contribution in [2.24, 2.45) is 0 Å². The van der Waals surface area contributed by atoms with Crippen LogP contribution in [0.5, 0.6) is 5.75 Å². The van der Waals surface area contributed by atoms with Gasteiger partial charge in [-0.15, -0.1) is 0 Å². The molecular formula is C19H24BrNO3. The Balaban J connectivity index is 1.74. The lowest BCUT2D eigenvalue weighted by Crippen LogP contribution is -2.32. The van der Waals surface area contributed by atoms with Crippen molar-refractivity contribution in [1.29, 1.82) is 0 Å². The third-order valence-electron chi connectivity index (χ3n) is 3.68. The van der Waals surface area contributed by atoms with E-state index in [4.69, 9.17) is 9.47 Å². The molecule has 2 aromatic rings. The Morgan fingerprint density at radius 1 is 1.08 bits per heavy atom. The number of benzene rings is 2. The van der Waals surface area contributed by atoms with Crippen molar-refractivity contribution in [2.45, 2.75) is 19.3 Å². The maximum absolute atomic E-state index is 10.2. The van der Waals surface area contributed by atoms with Gasteiger partial charge < -0.3 is 14.6 Å². The van der Waals surface area contributed by atoms with Crippen molar-refractivity contribution in [2.75, 3.05) is 27.3 Å². The normalized spacial score (nSPS) is 12.4. The number of aliphatic hydroxyl groups excluding tert-OH is 1. The highest BCUT2D eigenvalue weighted by atomic mass is 79.9. The number of aliphatic hydroxyl groups is 1. The zero-order valence-corrected chi connectivity index (χ0v) is 15.7. The molecule has 0 fully saturated rings. The SMILES string of the molecule is COc1ccccc1COCC(O)CN(C)Cc1ccccc1Br. The first-order valence-electron chi connectivity index (χ1n) is 7.89. The first-order chi connectivity index (χ1) is 11.6. The average molecular weight is 394 g/mol. The molecule has 0 saturated carbocycles. The van der Waals surface area contributed by atoms with Gasteiger partial charge in [-0.1, -0.05) is 52.3 Å². The second-order valence-corrected chi connectivity index (χ2v) is 6.62. The number of rotatable bonds is 9. The molecule has 2 rings (SSSR count). The number of para-hydroxylation sites is 1. The first-order valence-corrected chi connectivity index (χ1v) is 8.69. The standard InChI is InChI=1S/C19H24BrNO3/c1-21(11-15-7-3-5-9-18(15)20)12-17(22)14-24-13-16-8-4-6-10-19(16)23-2/h3-10,17,22H,11-14H2,1-2H3. The molecule has 0 bridgehead atoms. The zero-order valence-electron chi connectivity index (χ0n) is 14.1. The number of ether oxygens (including phenoxy) is 2. The van der Waals surface area contributed by atoms with Gasteiger partial charge in [-0.25, -0.2) is 0 Å². The fourth-order valence-corrected chi connectivity index (χ4v) is 2.93. The topological polar surface area (TPSA) is 41.9 Å². The minimum absolute atomic E-state index is 0.290. The Hall–Kier alpha value is -1.40. The zero-order chi connectivity index (χ0) is 17.4. The van der Waals surface area contributed by atoms with Gasteiger partial charge in [-0.2, -0.15) is 0 Å². The molecule has 1 unspecified atom stereocenters. The molecule has 0 aliphatic rings. The Labute approximate surface area is 152 Å². The van der Waals surface area contributed by atoms with Gasteiger partial charge in [0.25, 0.3) is 0 Å². The third kappa shape index (κ3) is 5.91. The van der Waals surface area contributed by atoms with Crippen LogP contribution in [0.25, 0.3) is 0 Å². The van der Waals surface area contributed by atoms with Crippen LogP contribution in [0.15, 0.2) is 53.0 Å². The maximum atomic E-state index is 10.2. The van der Waals surface area contributed by atoms with Crippen molar-refractivity contribution >= 4 is 15.9 Å². The number of methoxy groups -OCH3 is 1. The second-order valence-electron chi connectivity index (χ2n) is 5.77. The molecule has 1 N–H and O–H groups in total. The minimum Gasteiger partial charge on any atom is -0.496 e. The average Bonchev–Trinajstić information content (AvgIpc) is 2.57. The van der Waals surface area contributed by atoms with E-state index in [9.17, 15) is 5.11 Å². The fourth-order valence-electron chi connectivity index (χ4n) is 2.52. The molecule has 0 aliphatic carbocycles. The molecule has 0 amide bonds. The quantitative estimate of drug-likeness (QED) is 0.707. The van der Waals surface area contributed by atoms with Gasteiger partial charge >= 0.3 is 0 Å². The summed E-state index contributed by atoms with van der Waals surface area (Å²) in [7, 11) is 3.63. The molecule has 130 valence electrons. The van der Waals surface area contributed by atoms with E-state index in [1.807, 2.05) is 49.5 Å². The molecule has 0 aliphatic heterocycles. The molecule has 1 atom stereocenters. The van der Waals surface area contributed by atoms with Crippen molar-refractivity contribution in [3.8, 4) is 5.75 Å². The van der Waals surface area contributed by atoms with Gasteiger partial charge in [0.15, 0.2) is 0 Å². The predicted molar refractivity (Wildman–Crippen MR) is 99.1 cm³/mol. The van der Waals surface area contributed by atoms with Crippen LogP contribution in [-0.2, 0) is 17.9 Å². The van der Waals surface area contributed by atoms with Crippen LogP contribution in [0.4, 0.5) is 0 Å². The Morgan fingerprint density at radius 3 is 2.46 bits per heavy atom. The summed E-state index contributed by atoms with van der Waals surface area (Å²) in [5.41, 5.74) is 2.18. The Morgan fingerprint density at radius 2 is 1.75 bits per heavy atom. The van der Waals surface area contributed by atoms with Gasteiger partial charge in [0.05, 0.1) is 26.4 Å². The molecule has 5 heteroatoms. The van der Waals surface area contributed by atoms with Crippen molar-refractivity contribution in [3.05, 3.63) is 64.1 Å². The van der Waals surface area contributed by atoms with Crippen LogP contribution >= 0.6 is 15.9 Å². The van der Waals surface area contributed by atoms with Crippen LogP contribution in [0.3, 0.4) is 0 Å². The van der Waals surface area contributed by atoms with Crippen LogP contribution in [0.2, 0.25) is 0 Å². The Kier molecular flexibility index (Phi) is 7.72. The van der Waals surface area contributed by atoms with Gasteiger partial charge in [-0.3, -0.25) is 4.90 Å². The van der Waals surface area contributed by atoms with Gasteiger partial charge in [0.1, 0.15) is 5.75 Å². The van der Waals surface area contributed by atoms with E-state index in [-0.39, 0.29) is 0 Å². The van der Waals surface area contributed by atoms with E-state index in [1.165, 1.54) is 5.56 Å². The highest BCUT2D eigenvalue weighted by Crippen LogP contribution is 2.19. The molecule has 0 spiro atoms. The van der Waals surface area contributed by atoms with Crippen LogP contribution in [0.1, 0.15) is 11.1 Å². The number of hydrogen-bond acceptors (Lipinski definition) is 4. The van der Waals surface area contributed by atoms with E-state index in [1.54, 1.807) is 7.11 Å². The van der Waals surface area contributed by atoms with Crippen LogP contribution < -0.4 is 4.74 Å². The third-order valence-corrected chi connectivity index (χ3v) is 4.45. The summed E-state index contributed by atoms with van der Waals surface area (Å²) in [4.78, 5) is 2.08. The summed E-state index contributed by atoms with van der Waals surface area (Å²) < 4.78 is 12.0. The molecule has 2 aromatic carbocycles. The smallest absolute Gasteiger partial charge is 0.124 e. The Bertz CT molecular complexity index is 636. The van der Waals surface area contributed by atoms with E-state index < -0.39 is 6.10 Å². The largest absolute Gasteiger partial charge is 0.496 e. The minimum atomic E-state index is -0.535. The summed E-state index contributed by atoms with van der Waals surface area (Å²) in [6.45, 7) is 2.03. The fraction of sp³-hybridized carbons (Fsp3) is 0.368. The molecular weight excluding hydrogens is 370 g/mol. The lowest BCUT2D eigenvalue weighted by atomic mass is 10.2. The van der Waals surface area contributed by atoms with Crippen molar-refractivity contribution in [1.82, 2.24) is 4.90 Å². The summed E-state index contributed by atoms with van der Waals surface area (Å²) in [5, 5.41) is 10.2. The number of nitrogens with zero attached hydrogens (tertiary/aromatic N) is 1. The maximum Gasteiger partial charge on any atom is 0.124 e. The van der Waals surface area contributed by atoms with E-state index in [0.717, 1.165) is 22.3 Å². The lowest BCUT2D eigenvalue weighted by Gasteiger charge is -2.21. The molecule has 4 nitrogen and oxygen atoms in total. The summed E-state index contributed by atoms with van der Waals surface area (Å²) in [6, 6.07) is 15.8. The monoisotopic (exact) mass is 393 g/mol. The van der Waals surface area contributed by atoms with E-state index >= 15 is 0 Å². The summed E-state index contributed by atoms with van der Waals surface area (Å²) >= 11 is 3.55. The number of halogens is 1.